The number of phenolic OH excluding ortho intramolecular Hbond substituents is 1. The molecule has 1 aliphatic rings. The number of hydrogen-bond acceptors (Lipinski definition) is 5. The smallest absolute Gasteiger partial charge is 0.227 e. The van der Waals surface area contributed by atoms with E-state index in [9.17, 15) is 4.39 Å². The lowest BCUT2D eigenvalue weighted by atomic mass is 9.96. The van der Waals surface area contributed by atoms with Crippen molar-refractivity contribution in [2.75, 3.05) is 13.1 Å². The number of phenols is 1. The second-order valence-electron chi connectivity index (χ2n) is 5.09. The van der Waals surface area contributed by atoms with E-state index in [0.29, 0.717) is 23.2 Å². The first-order chi connectivity index (χ1) is 9.72. The molecule has 5 nitrogen and oxygen atoms in total. The highest BCUT2D eigenvalue weighted by molar-refractivity contribution is 5.55. The molecule has 6 heteroatoms. The highest BCUT2D eigenvalue weighted by Gasteiger charge is 2.18. The number of aromatic hydroxyl groups is 1. The average Bonchev–Trinajstić information content (AvgIpc) is 2.91. The molecule has 0 saturated carbocycles. The van der Waals surface area contributed by atoms with Crippen molar-refractivity contribution in [2.45, 2.75) is 19.3 Å². The molecule has 1 saturated heterocycles. The number of halogens is 1. The summed E-state index contributed by atoms with van der Waals surface area (Å²) in [6.45, 7) is 2.03. The van der Waals surface area contributed by atoms with Crippen LogP contribution in [0.15, 0.2) is 22.7 Å². The monoisotopic (exact) mass is 277 g/mol. The van der Waals surface area contributed by atoms with Crippen LogP contribution >= 0.6 is 0 Å². The highest BCUT2D eigenvalue weighted by Crippen LogP contribution is 2.23. The Balaban J connectivity index is 1.73. The molecule has 3 rings (SSSR count). The zero-order valence-corrected chi connectivity index (χ0v) is 11.0. The fourth-order valence-corrected chi connectivity index (χ4v) is 2.45. The highest BCUT2D eigenvalue weighted by atomic mass is 19.1. The van der Waals surface area contributed by atoms with Gasteiger partial charge < -0.3 is 14.9 Å². The minimum atomic E-state index is -0.690. The predicted octanol–water partition coefficient (Wildman–Crippen LogP) is 2.12. The average molecular weight is 277 g/mol. The molecule has 2 aromatic rings. The number of aromatic nitrogens is 2. The SMILES string of the molecule is Oc1ccc(-c2noc(CC3CCCNC3)n2)cc1F. The van der Waals surface area contributed by atoms with Gasteiger partial charge in [-0.25, -0.2) is 4.39 Å². The first-order valence-corrected chi connectivity index (χ1v) is 6.74. The van der Waals surface area contributed by atoms with Crippen LogP contribution in [0, 0.1) is 11.7 Å². The Labute approximate surface area is 115 Å². The van der Waals surface area contributed by atoms with Crippen LogP contribution in [0.5, 0.6) is 5.75 Å². The third-order valence-electron chi connectivity index (χ3n) is 3.54. The van der Waals surface area contributed by atoms with Gasteiger partial charge in [0.25, 0.3) is 0 Å². The molecule has 2 N–H and O–H groups in total. The van der Waals surface area contributed by atoms with Gasteiger partial charge in [0.1, 0.15) is 0 Å². The summed E-state index contributed by atoms with van der Waals surface area (Å²) in [5, 5.41) is 16.4. The maximum atomic E-state index is 13.3. The summed E-state index contributed by atoms with van der Waals surface area (Å²) in [4.78, 5) is 4.29. The van der Waals surface area contributed by atoms with Gasteiger partial charge in [0.15, 0.2) is 11.6 Å². The summed E-state index contributed by atoms with van der Waals surface area (Å²) in [5.74, 6) is 0.356. The topological polar surface area (TPSA) is 71.2 Å². The lowest BCUT2D eigenvalue weighted by Gasteiger charge is -2.20. The Morgan fingerprint density at radius 3 is 3.10 bits per heavy atom. The second-order valence-corrected chi connectivity index (χ2v) is 5.09. The van der Waals surface area contributed by atoms with Crippen LogP contribution in [-0.4, -0.2) is 28.3 Å². The summed E-state index contributed by atoms with van der Waals surface area (Å²) in [7, 11) is 0. The van der Waals surface area contributed by atoms with E-state index in [0.717, 1.165) is 32.4 Å². The summed E-state index contributed by atoms with van der Waals surface area (Å²) >= 11 is 0. The minimum Gasteiger partial charge on any atom is -0.505 e. The van der Waals surface area contributed by atoms with Crippen molar-refractivity contribution in [3.63, 3.8) is 0 Å². The first kappa shape index (κ1) is 13.1. The van der Waals surface area contributed by atoms with Gasteiger partial charge in [0.05, 0.1) is 0 Å². The van der Waals surface area contributed by atoms with Crippen molar-refractivity contribution in [3.05, 3.63) is 29.9 Å². The summed E-state index contributed by atoms with van der Waals surface area (Å²) in [6, 6.07) is 4.05. The van der Waals surface area contributed by atoms with E-state index >= 15 is 0 Å². The third-order valence-corrected chi connectivity index (χ3v) is 3.54. The van der Waals surface area contributed by atoms with Gasteiger partial charge in [-0.05, 0) is 50.0 Å². The van der Waals surface area contributed by atoms with E-state index in [4.69, 9.17) is 9.63 Å². The molecule has 0 aliphatic carbocycles. The molecule has 2 heterocycles. The van der Waals surface area contributed by atoms with Crippen LogP contribution in [0.25, 0.3) is 11.4 Å². The minimum absolute atomic E-state index is 0.350. The van der Waals surface area contributed by atoms with Gasteiger partial charge in [-0.1, -0.05) is 5.16 Å². The zero-order chi connectivity index (χ0) is 13.9. The Kier molecular flexibility index (Phi) is 3.64. The number of nitrogens with one attached hydrogen (secondary N) is 1. The molecule has 1 aromatic heterocycles. The lowest BCUT2D eigenvalue weighted by Crippen LogP contribution is -2.30. The van der Waals surface area contributed by atoms with Crippen molar-refractivity contribution in [2.24, 2.45) is 5.92 Å². The van der Waals surface area contributed by atoms with Crippen molar-refractivity contribution in [3.8, 4) is 17.1 Å². The van der Waals surface area contributed by atoms with Crippen molar-refractivity contribution < 1.29 is 14.0 Å². The van der Waals surface area contributed by atoms with Gasteiger partial charge in [-0.15, -0.1) is 0 Å². The largest absolute Gasteiger partial charge is 0.505 e. The Hall–Kier alpha value is -1.95. The molecule has 1 aliphatic heterocycles. The number of piperidine rings is 1. The first-order valence-electron chi connectivity index (χ1n) is 6.74. The second kappa shape index (κ2) is 5.58. The third kappa shape index (κ3) is 2.80. The van der Waals surface area contributed by atoms with Crippen LogP contribution in [0.2, 0.25) is 0 Å². The quantitative estimate of drug-likeness (QED) is 0.899. The van der Waals surface area contributed by atoms with Crippen molar-refractivity contribution in [1.82, 2.24) is 15.5 Å². The number of rotatable bonds is 3. The van der Waals surface area contributed by atoms with E-state index in [2.05, 4.69) is 15.5 Å². The standard InChI is InChI=1S/C14H16FN3O2/c15-11-7-10(3-4-12(11)19)14-17-13(20-18-14)6-9-2-1-5-16-8-9/h3-4,7,9,16,19H,1-2,5-6,8H2. The van der Waals surface area contributed by atoms with Gasteiger partial charge in [-0.3, -0.25) is 0 Å². The van der Waals surface area contributed by atoms with Gasteiger partial charge in [0, 0.05) is 12.0 Å². The van der Waals surface area contributed by atoms with E-state index in [1.807, 2.05) is 0 Å². The van der Waals surface area contributed by atoms with Gasteiger partial charge in [-0.2, -0.15) is 4.98 Å². The zero-order valence-electron chi connectivity index (χ0n) is 11.0. The van der Waals surface area contributed by atoms with Gasteiger partial charge >= 0.3 is 0 Å². The summed E-state index contributed by atoms with van der Waals surface area (Å²) in [6.07, 6.45) is 3.05. The van der Waals surface area contributed by atoms with E-state index in [-0.39, 0.29) is 5.75 Å². The van der Waals surface area contributed by atoms with E-state index in [1.54, 1.807) is 6.07 Å². The van der Waals surface area contributed by atoms with Crippen LogP contribution in [0.3, 0.4) is 0 Å². The molecule has 0 radical (unpaired) electrons. The van der Waals surface area contributed by atoms with Crippen LogP contribution < -0.4 is 5.32 Å². The van der Waals surface area contributed by atoms with Crippen molar-refractivity contribution >= 4 is 0 Å². The fourth-order valence-electron chi connectivity index (χ4n) is 2.45. The van der Waals surface area contributed by atoms with E-state index < -0.39 is 5.82 Å². The molecular formula is C14H16FN3O2. The Morgan fingerprint density at radius 2 is 2.35 bits per heavy atom. The molecule has 1 unspecified atom stereocenters. The fraction of sp³-hybridized carbons (Fsp3) is 0.429. The molecule has 1 aromatic carbocycles. The lowest BCUT2D eigenvalue weighted by molar-refractivity contribution is 0.316. The van der Waals surface area contributed by atoms with Crippen LogP contribution in [-0.2, 0) is 6.42 Å². The summed E-state index contributed by atoms with van der Waals surface area (Å²) in [5.41, 5.74) is 0.497. The predicted molar refractivity (Wildman–Crippen MR) is 70.7 cm³/mol. The van der Waals surface area contributed by atoms with E-state index in [1.165, 1.54) is 12.1 Å². The number of nitrogens with zero attached hydrogens (tertiary/aromatic N) is 2. The maximum Gasteiger partial charge on any atom is 0.227 e. The van der Waals surface area contributed by atoms with Crippen LogP contribution in [0.4, 0.5) is 4.39 Å². The number of hydrogen-bond donors (Lipinski definition) is 2. The molecule has 0 amide bonds. The molecule has 1 fully saturated rings. The maximum absolute atomic E-state index is 13.3. The molecule has 0 spiro atoms. The molecule has 20 heavy (non-hydrogen) atoms. The number of benzene rings is 1. The normalized spacial score (nSPS) is 19.1. The Bertz CT molecular complexity index is 594. The molecular weight excluding hydrogens is 261 g/mol. The molecule has 106 valence electrons. The molecule has 0 bridgehead atoms. The van der Waals surface area contributed by atoms with Gasteiger partial charge in [0.2, 0.25) is 11.7 Å². The van der Waals surface area contributed by atoms with Crippen molar-refractivity contribution in [1.29, 1.82) is 0 Å². The Morgan fingerprint density at radius 1 is 1.45 bits per heavy atom. The molecule has 1 atom stereocenters. The van der Waals surface area contributed by atoms with Crippen LogP contribution in [0.1, 0.15) is 18.7 Å². The summed E-state index contributed by atoms with van der Waals surface area (Å²) < 4.78 is 18.5.